The number of nitrogens with two attached hydrogens (primary N) is 1. The largest absolute Gasteiger partial charge is 0.495 e. The Morgan fingerprint density at radius 2 is 1.59 bits per heavy atom. The number of hydrogen-bond donors (Lipinski definition) is 2. The molecule has 0 aliphatic heterocycles. The fourth-order valence-electron chi connectivity index (χ4n) is 13.7. The first-order valence-electron chi connectivity index (χ1n) is 19.5. The molecule has 6 nitrogen and oxygen atoms in total. The first kappa shape index (κ1) is 38.4. The van der Waals surface area contributed by atoms with E-state index in [2.05, 4.69) is 73.2 Å². The van der Waals surface area contributed by atoms with E-state index in [-0.39, 0.29) is 38.7 Å². The van der Waals surface area contributed by atoms with Crippen molar-refractivity contribution < 1.29 is 19.4 Å². The number of nitrogens with zero attached hydrogens (tertiary/aromatic N) is 1. The predicted octanol–water partition coefficient (Wildman–Crippen LogP) is 9.61. The van der Waals surface area contributed by atoms with Crippen LogP contribution in [0.4, 0.5) is 0 Å². The number of likely N-dealkylation sites (N-methyl/N-ethyl adjacent to an activating group) is 1. The number of hydrogen-bond acceptors (Lipinski definition) is 5. The molecular formula is C43H72N2O4. The van der Waals surface area contributed by atoms with Gasteiger partial charge in [-0.2, -0.15) is 0 Å². The van der Waals surface area contributed by atoms with Gasteiger partial charge in [-0.15, -0.1) is 0 Å². The Hall–Kier alpha value is -1.79. The predicted molar refractivity (Wildman–Crippen MR) is 201 cm³/mol. The van der Waals surface area contributed by atoms with E-state index in [1.807, 2.05) is 0 Å². The van der Waals surface area contributed by atoms with Crippen LogP contribution >= 0.6 is 0 Å². The molecule has 5 rings (SSSR count). The molecule has 49 heavy (non-hydrogen) atoms. The molecule has 0 saturated heterocycles. The molecule has 0 bridgehead atoms. The number of aliphatic carboxylic acids is 1. The maximum Gasteiger partial charge on any atom is 0.309 e. The average Bonchev–Trinajstić information content (AvgIpc) is 3.39. The first-order chi connectivity index (χ1) is 22.6. The summed E-state index contributed by atoms with van der Waals surface area (Å²) in [6, 6.07) is 0. The van der Waals surface area contributed by atoms with E-state index in [9.17, 15) is 9.90 Å². The quantitative estimate of drug-likeness (QED) is 0.158. The summed E-state index contributed by atoms with van der Waals surface area (Å²) in [5, 5.41) is 9.72. The van der Waals surface area contributed by atoms with Crippen molar-refractivity contribution in [1.82, 2.24) is 4.90 Å². The highest BCUT2D eigenvalue weighted by molar-refractivity contribution is 5.73. The van der Waals surface area contributed by atoms with Crippen molar-refractivity contribution in [2.24, 2.45) is 61.9 Å². The summed E-state index contributed by atoms with van der Waals surface area (Å²) >= 11 is 0. The zero-order valence-corrected chi connectivity index (χ0v) is 33.1. The summed E-state index contributed by atoms with van der Waals surface area (Å²) < 4.78 is 12.0. The van der Waals surface area contributed by atoms with Gasteiger partial charge in [-0.3, -0.25) is 4.79 Å². The SMILES string of the molecule is C=C(CC(C)(C)C(=O)O)O[C@H]1CC[C@]2(C)[C@H]3CCC4(N)[C@H]5[C@H](C(=C)C)CC[C@]5(CC(=C)N(C)CCOC)CC[C@@]4(C)[C@]3(C)CC[C@H]2C1(C)C. The average molecular weight is 681 g/mol. The zero-order valence-electron chi connectivity index (χ0n) is 33.1. The second kappa shape index (κ2) is 12.7. The normalized spacial score (nSPS) is 42.6. The molecule has 5 aliphatic rings. The van der Waals surface area contributed by atoms with Gasteiger partial charge in [0.1, 0.15) is 6.10 Å². The maximum absolute atomic E-state index is 11.8. The van der Waals surface area contributed by atoms with Gasteiger partial charge in [-0.1, -0.05) is 59.9 Å². The molecule has 10 atom stereocenters. The third kappa shape index (κ3) is 5.76. The van der Waals surface area contributed by atoms with Gasteiger partial charge < -0.3 is 25.2 Å². The van der Waals surface area contributed by atoms with E-state index in [1.54, 1.807) is 21.0 Å². The number of rotatable bonds is 12. The smallest absolute Gasteiger partial charge is 0.309 e. The highest BCUT2D eigenvalue weighted by Crippen LogP contribution is 2.78. The second-order valence-electron chi connectivity index (χ2n) is 19.8. The zero-order chi connectivity index (χ0) is 36.6. The van der Waals surface area contributed by atoms with Crippen LogP contribution in [-0.2, 0) is 14.3 Å². The molecule has 0 heterocycles. The third-order valence-electron chi connectivity index (χ3n) is 16.7. The molecule has 5 fully saturated rings. The standard InChI is InChI=1S/C43H72N2O4/c1-28(2)31-14-20-42(26-29(3)45(12)24-25-48-13)23-22-41(11)40(10)19-15-32-38(7,8)34(49-30(4)27-37(5,6)36(46)47)17-18-39(32,9)33(40)16-21-43(41,44)35(31)42/h31-35H,1,3-4,14-27,44H2,2,5-13H3,(H,46,47)/t31-,32-,33+,34-,35-,39-,40+,41-,42+,43?/m0/s1. The lowest BCUT2D eigenvalue weighted by molar-refractivity contribution is -0.255. The van der Waals surface area contributed by atoms with Crippen molar-refractivity contribution in [3.8, 4) is 0 Å². The van der Waals surface area contributed by atoms with E-state index in [1.165, 1.54) is 56.2 Å². The Labute approximate surface area is 299 Å². The summed E-state index contributed by atoms with van der Waals surface area (Å²) in [5.74, 6) is 1.78. The maximum atomic E-state index is 11.8. The lowest BCUT2D eigenvalue weighted by Gasteiger charge is -2.76. The van der Waals surface area contributed by atoms with Crippen LogP contribution in [0, 0.1) is 56.2 Å². The molecule has 5 aliphatic carbocycles. The molecule has 1 unspecified atom stereocenters. The Bertz CT molecular complexity index is 1340. The van der Waals surface area contributed by atoms with Crippen LogP contribution in [0.2, 0.25) is 0 Å². The summed E-state index contributed by atoms with van der Waals surface area (Å²) in [4.78, 5) is 14.1. The highest BCUT2D eigenvalue weighted by Gasteiger charge is 2.75. The molecule has 6 heteroatoms. The molecule has 5 saturated carbocycles. The van der Waals surface area contributed by atoms with Crippen molar-refractivity contribution in [1.29, 1.82) is 0 Å². The van der Waals surface area contributed by atoms with Crippen LogP contribution in [-0.4, -0.2) is 54.9 Å². The van der Waals surface area contributed by atoms with Gasteiger partial charge in [0.25, 0.3) is 0 Å². The van der Waals surface area contributed by atoms with Gasteiger partial charge in [-0.25, -0.2) is 0 Å². The van der Waals surface area contributed by atoms with Gasteiger partial charge in [0.2, 0.25) is 0 Å². The monoisotopic (exact) mass is 681 g/mol. The van der Waals surface area contributed by atoms with Crippen LogP contribution in [0.3, 0.4) is 0 Å². The van der Waals surface area contributed by atoms with E-state index < -0.39 is 11.4 Å². The number of carboxylic acids is 1. The molecule has 278 valence electrons. The minimum absolute atomic E-state index is 0.0284. The summed E-state index contributed by atoms with van der Waals surface area (Å²) in [6.07, 6.45) is 12.9. The number of carboxylic acid groups (broad SMARTS) is 1. The number of allylic oxidation sites excluding steroid dienone is 3. The number of methoxy groups -OCH3 is 1. The fourth-order valence-corrected chi connectivity index (χ4v) is 13.7. The van der Waals surface area contributed by atoms with Crippen LogP contribution < -0.4 is 5.73 Å². The minimum Gasteiger partial charge on any atom is -0.495 e. The minimum atomic E-state index is -0.892. The number of carbonyl (C=O) groups is 1. The van der Waals surface area contributed by atoms with Crippen LogP contribution in [0.25, 0.3) is 0 Å². The van der Waals surface area contributed by atoms with E-state index in [0.29, 0.717) is 42.5 Å². The van der Waals surface area contributed by atoms with Gasteiger partial charge >= 0.3 is 5.97 Å². The van der Waals surface area contributed by atoms with Crippen molar-refractivity contribution in [2.75, 3.05) is 27.3 Å². The Morgan fingerprint density at radius 3 is 2.20 bits per heavy atom. The van der Waals surface area contributed by atoms with E-state index >= 15 is 0 Å². The topological polar surface area (TPSA) is 85.0 Å². The molecule has 0 aromatic rings. The molecule has 3 N–H and O–H groups in total. The molecule has 0 aromatic carbocycles. The summed E-state index contributed by atoms with van der Waals surface area (Å²) in [7, 11) is 3.94. The van der Waals surface area contributed by atoms with Crippen LogP contribution in [0.15, 0.2) is 36.8 Å². The Morgan fingerprint density at radius 1 is 0.939 bits per heavy atom. The van der Waals surface area contributed by atoms with Crippen molar-refractivity contribution in [3.63, 3.8) is 0 Å². The fraction of sp³-hybridized carbons (Fsp3) is 0.837. The third-order valence-corrected chi connectivity index (χ3v) is 16.7. The van der Waals surface area contributed by atoms with E-state index in [0.717, 1.165) is 32.2 Å². The molecule has 0 radical (unpaired) electrons. The Kier molecular flexibility index (Phi) is 9.97. The van der Waals surface area contributed by atoms with Gasteiger partial charge in [0.15, 0.2) is 0 Å². The van der Waals surface area contributed by atoms with Gasteiger partial charge in [0, 0.05) is 43.8 Å². The number of fused-ring (bicyclic) bond motifs is 7. The summed E-state index contributed by atoms with van der Waals surface area (Å²) in [5.41, 5.74) is 10.0. The lowest BCUT2D eigenvalue weighted by atomic mass is 9.30. The van der Waals surface area contributed by atoms with E-state index in [4.69, 9.17) is 15.2 Å². The van der Waals surface area contributed by atoms with Crippen LogP contribution in [0.5, 0.6) is 0 Å². The molecule has 0 aromatic heterocycles. The van der Waals surface area contributed by atoms with Crippen molar-refractivity contribution in [2.45, 2.75) is 144 Å². The van der Waals surface area contributed by atoms with Crippen molar-refractivity contribution >= 4 is 5.97 Å². The van der Waals surface area contributed by atoms with Gasteiger partial charge in [-0.05, 0) is 137 Å². The van der Waals surface area contributed by atoms with Crippen molar-refractivity contribution in [3.05, 3.63) is 36.8 Å². The first-order valence-corrected chi connectivity index (χ1v) is 19.5. The van der Waals surface area contributed by atoms with Crippen LogP contribution in [0.1, 0.15) is 132 Å². The molecule has 0 amide bonds. The number of ether oxygens (including phenoxy) is 2. The second-order valence-corrected chi connectivity index (χ2v) is 19.8. The molecular weight excluding hydrogens is 608 g/mol. The Balaban J connectivity index is 1.44. The summed E-state index contributed by atoms with van der Waals surface area (Å²) in [6.45, 7) is 33.5. The van der Waals surface area contributed by atoms with Gasteiger partial charge in [0.05, 0.1) is 17.8 Å². The molecule has 0 spiro atoms. The highest BCUT2D eigenvalue weighted by atomic mass is 16.5. The lowest BCUT2D eigenvalue weighted by Crippen LogP contribution is -2.76.